The topological polar surface area (TPSA) is 137 Å². The minimum atomic E-state index is -0.795. The quantitative estimate of drug-likeness (QED) is 0.165. The summed E-state index contributed by atoms with van der Waals surface area (Å²) in [5.41, 5.74) is 0.379. The molecule has 0 bridgehead atoms. The van der Waals surface area contributed by atoms with E-state index in [1.54, 1.807) is 12.1 Å². The van der Waals surface area contributed by atoms with Crippen molar-refractivity contribution in [2.45, 2.75) is 0 Å². The number of carbonyl (C=O) groups is 1. The highest BCUT2D eigenvalue weighted by atomic mass is 16.5. The summed E-state index contributed by atoms with van der Waals surface area (Å²) in [5, 5.41) is 38.4. The summed E-state index contributed by atoms with van der Waals surface area (Å²) in [6.45, 7) is 0. The van der Waals surface area contributed by atoms with Crippen molar-refractivity contribution in [3.05, 3.63) is 82.5 Å². The summed E-state index contributed by atoms with van der Waals surface area (Å²) < 4.78 is 10.9. The van der Waals surface area contributed by atoms with E-state index in [4.69, 9.17) is 9.15 Å². The molecule has 0 aliphatic carbocycles. The lowest BCUT2D eigenvalue weighted by Crippen LogP contribution is -2.08. The lowest BCUT2D eigenvalue weighted by Gasteiger charge is -2.09. The first kappa shape index (κ1) is 20.5. The van der Waals surface area contributed by atoms with Crippen LogP contribution >= 0.6 is 0 Å². The molecule has 8 nitrogen and oxygen atoms in total. The van der Waals surface area contributed by atoms with Gasteiger partial charge in [-0.05, 0) is 42.0 Å². The molecule has 0 aliphatic rings. The van der Waals surface area contributed by atoms with Gasteiger partial charge in [-0.2, -0.15) is 0 Å². The van der Waals surface area contributed by atoms with Gasteiger partial charge in [0, 0.05) is 29.8 Å². The van der Waals surface area contributed by atoms with Crippen LogP contribution < -0.4 is 10.2 Å². The Morgan fingerprint density at radius 1 is 0.844 bits per heavy atom. The molecule has 3 aromatic carbocycles. The third-order valence-electron chi connectivity index (χ3n) is 4.55. The molecule has 0 fully saturated rings. The van der Waals surface area contributed by atoms with Crippen molar-refractivity contribution < 1.29 is 34.4 Å². The van der Waals surface area contributed by atoms with Gasteiger partial charge >= 0.3 is 5.97 Å². The number of fused-ring (bicyclic) bond motifs is 1. The molecule has 0 unspecified atom stereocenters. The van der Waals surface area contributed by atoms with Gasteiger partial charge in [0.15, 0.2) is 16.9 Å². The fourth-order valence-corrected chi connectivity index (χ4v) is 3.03. The van der Waals surface area contributed by atoms with E-state index in [0.29, 0.717) is 11.1 Å². The Labute approximate surface area is 180 Å². The van der Waals surface area contributed by atoms with Crippen LogP contribution in [0.15, 0.2) is 76.0 Å². The maximum atomic E-state index is 12.8. The van der Waals surface area contributed by atoms with Crippen LogP contribution in [0.2, 0.25) is 0 Å². The number of rotatable bonds is 4. The molecule has 0 aliphatic heterocycles. The number of phenolic OH excluding ortho intramolecular Hbond substituents is 4. The highest BCUT2D eigenvalue weighted by molar-refractivity contribution is 5.93. The Kier molecular flexibility index (Phi) is 5.26. The molecular weight excluding hydrogens is 416 g/mol. The minimum Gasteiger partial charge on any atom is -0.508 e. The zero-order valence-corrected chi connectivity index (χ0v) is 16.4. The van der Waals surface area contributed by atoms with Gasteiger partial charge in [-0.3, -0.25) is 4.79 Å². The highest BCUT2D eigenvalue weighted by Crippen LogP contribution is 2.34. The second-order valence-electron chi connectivity index (χ2n) is 6.84. The van der Waals surface area contributed by atoms with Gasteiger partial charge in [-0.1, -0.05) is 12.1 Å². The van der Waals surface area contributed by atoms with Gasteiger partial charge < -0.3 is 29.6 Å². The molecule has 4 N–H and O–H groups in total. The molecule has 0 spiro atoms. The van der Waals surface area contributed by atoms with Crippen molar-refractivity contribution in [1.29, 1.82) is 0 Å². The van der Waals surface area contributed by atoms with Crippen LogP contribution in [0.25, 0.3) is 28.4 Å². The van der Waals surface area contributed by atoms with Crippen LogP contribution in [0, 0.1) is 0 Å². The summed E-state index contributed by atoms with van der Waals surface area (Å²) in [4.78, 5) is 25.0. The molecule has 160 valence electrons. The Balaban J connectivity index is 1.69. The first-order chi connectivity index (χ1) is 15.3. The molecule has 0 saturated heterocycles. The molecule has 1 heterocycles. The van der Waals surface area contributed by atoms with Crippen LogP contribution in [-0.4, -0.2) is 26.4 Å². The Hall–Kier alpha value is -4.72. The van der Waals surface area contributed by atoms with Crippen molar-refractivity contribution in [1.82, 2.24) is 0 Å². The van der Waals surface area contributed by atoms with E-state index < -0.39 is 17.1 Å². The molecule has 4 aromatic rings. The second-order valence-corrected chi connectivity index (χ2v) is 6.84. The molecular formula is C24H16O8. The van der Waals surface area contributed by atoms with Gasteiger partial charge in [0.25, 0.3) is 0 Å². The van der Waals surface area contributed by atoms with Crippen LogP contribution in [0.4, 0.5) is 0 Å². The van der Waals surface area contributed by atoms with Gasteiger partial charge in [-0.15, -0.1) is 0 Å². The SMILES string of the molecule is O=C(C=Cc1ccc(O)cc1)Oc1cc(O)cc2oc(-c3ccc(O)c(O)c3)cc(=O)c12. The maximum absolute atomic E-state index is 12.8. The lowest BCUT2D eigenvalue weighted by molar-refractivity contribution is -0.128. The third kappa shape index (κ3) is 4.24. The number of phenols is 4. The maximum Gasteiger partial charge on any atom is 0.336 e. The van der Waals surface area contributed by atoms with E-state index in [0.717, 1.165) is 18.2 Å². The Morgan fingerprint density at radius 3 is 2.31 bits per heavy atom. The summed E-state index contributed by atoms with van der Waals surface area (Å²) in [6.07, 6.45) is 2.60. The first-order valence-corrected chi connectivity index (χ1v) is 9.32. The monoisotopic (exact) mass is 432 g/mol. The fourth-order valence-electron chi connectivity index (χ4n) is 3.03. The predicted molar refractivity (Wildman–Crippen MR) is 116 cm³/mol. The number of benzene rings is 3. The van der Waals surface area contributed by atoms with Gasteiger partial charge in [0.1, 0.15) is 34.0 Å². The average Bonchev–Trinajstić information content (AvgIpc) is 2.74. The number of hydrogen-bond donors (Lipinski definition) is 4. The minimum absolute atomic E-state index is 0.0367. The standard InChI is InChI=1S/C24H16O8/c25-15-5-1-13(2-6-15)3-8-23(30)32-22-11-16(26)10-21-24(22)19(29)12-20(31-21)14-4-7-17(27)18(28)9-14/h1-12,25-28H. The smallest absolute Gasteiger partial charge is 0.336 e. The first-order valence-electron chi connectivity index (χ1n) is 9.32. The summed E-state index contributed by atoms with van der Waals surface area (Å²) in [6, 6.07) is 13.5. The third-order valence-corrected chi connectivity index (χ3v) is 4.55. The number of ether oxygens (including phenoxy) is 1. The molecule has 4 rings (SSSR count). The van der Waals surface area contributed by atoms with E-state index >= 15 is 0 Å². The molecule has 0 saturated carbocycles. The summed E-state index contributed by atoms with van der Waals surface area (Å²) in [7, 11) is 0. The van der Waals surface area contributed by atoms with Crippen molar-refractivity contribution >= 4 is 23.0 Å². The van der Waals surface area contributed by atoms with Crippen molar-refractivity contribution in [3.63, 3.8) is 0 Å². The number of hydrogen-bond acceptors (Lipinski definition) is 8. The molecule has 0 radical (unpaired) electrons. The van der Waals surface area contributed by atoms with Crippen LogP contribution in [0.1, 0.15) is 5.56 Å². The molecule has 0 amide bonds. The second kappa shape index (κ2) is 8.19. The van der Waals surface area contributed by atoms with E-state index in [2.05, 4.69) is 0 Å². The van der Waals surface area contributed by atoms with Crippen molar-refractivity contribution in [2.75, 3.05) is 0 Å². The van der Waals surface area contributed by atoms with Crippen LogP contribution in [0.3, 0.4) is 0 Å². The Bertz CT molecular complexity index is 1410. The van der Waals surface area contributed by atoms with Gasteiger partial charge in [0.05, 0.1) is 0 Å². The molecule has 8 heteroatoms. The molecule has 1 aromatic heterocycles. The lowest BCUT2D eigenvalue weighted by atomic mass is 10.1. The van der Waals surface area contributed by atoms with Crippen molar-refractivity contribution in [3.8, 4) is 40.1 Å². The van der Waals surface area contributed by atoms with E-state index in [1.807, 2.05) is 0 Å². The van der Waals surface area contributed by atoms with Gasteiger partial charge in [-0.25, -0.2) is 4.79 Å². The average molecular weight is 432 g/mol. The van der Waals surface area contributed by atoms with Crippen molar-refractivity contribution in [2.24, 2.45) is 0 Å². The zero-order valence-electron chi connectivity index (χ0n) is 16.4. The Morgan fingerprint density at radius 2 is 1.59 bits per heavy atom. The molecule has 0 atom stereocenters. The van der Waals surface area contributed by atoms with Gasteiger partial charge in [0.2, 0.25) is 0 Å². The van der Waals surface area contributed by atoms with Crippen LogP contribution in [-0.2, 0) is 4.79 Å². The normalized spacial score (nSPS) is 11.1. The largest absolute Gasteiger partial charge is 0.508 e. The molecule has 32 heavy (non-hydrogen) atoms. The highest BCUT2D eigenvalue weighted by Gasteiger charge is 2.16. The summed E-state index contributed by atoms with van der Waals surface area (Å²) >= 11 is 0. The number of esters is 1. The van der Waals surface area contributed by atoms with E-state index in [-0.39, 0.29) is 39.7 Å². The zero-order chi connectivity index (χ0) is 22.8. The summed E-state index contributed by atoms with van der Waals surface area (Å²) in [5.74, 6) is -1.83. The number of aromatic hydroxyl groups is 4. The predicted octanol–water partition coefficient (Wildman–Crippen LogP) is 3.90. The fraction of sp³-hybridized carbons (Fsp3) is 0. The number of carbonyl (C=O) groups excluding carboxylic acids is 1. The van der Waals surface area contributed by atoms with Crippen LogP contribution in [0.5, 0.6) is 28.7 Å². The van der Waals surface area contributed by atoms with E-state index in [9.17, 15) is 30.0 Å². The van der Waals surface area contributed by atoms with E-state index in [1.165, 1.54) is 42.5 Å².